The molecule has 0 fully saturated rings. The van der Waals surface area contributed by atoms with Crippen LogP contribution >= 0.6 is 27.3 Å². The number of hydrogen-bond acceptors (Lipinski definition) is 6. The molecule has 3 rings (SSSR count). The van der Waals surface area contributed by atoms with Crippen molar-refractivity contribution in [2.24, 2.45) is 4.99 Å². The molecule has 0 atom stereocenters. The second-order valence-electron chi connectivity index (χ2n) is 6.25. The molecule has 1 N–H and O–H groups in total. The van der Waals surface area contributed by atoms with Gasteiger partial charge in [-0.2, -0.15) is 4.99 Å². The zero-order valence-corrected chi connectivity index (χ0v) is 18.3. The molecule has 29 heavy (non-hydrogen) atoms. The van der Waals surface area contributed by atoms with E-state index in [1.165, 1.54) is 18.3 Å². The molecule has 152 valence electrons. The molecule has 0 spiro atoms. The smallest absolute Gasteiger partial charge is 0.439 e. The van der Waals surface area contributed by atoms with Crippen LogP contribution in [0.4, 0.5) is 9.80 Å². The maximum Gasteiger partial charge on any atom is 0.439 e. The van der Waals surface area contributed by atoms with Gasteiger partial charge in [-0.15, -0.1) is 11.3 Å². The summed E-state index contributed by atoms with van der Waals surface area (Å²) in [5.74, 6) is -0.398. The minimum atomic E-state index is -0.734. The van der Waals surface area contributed by atoms with Gasteiger partial charge in [0.05, 0.1) is 22.8 Å². The summed E-state index contributed by atoms with van der Waals surface area (Å²) in [6.45, 7) is 3.32. The average Bonchev–Trinajstić information content (AvgIpc) is 3.02. The van der Waals surface area contributed by atoms with Crippen LogP contribution in [0.3, 0.4) is 0 Å². The first-order valence-corrected chi connectivity index (χ1v) is 10.7. The highest BCUT2D eigenvalue weighted by atomic mass is 79.9. The highest BCUT2D eigenvalue weighted by Gasteiger charge is 2.30. The van der Waals surface area contributed by atoms with Crippen LogP contribution in [-0.2, 0) is 16.0 Å². The van der Waals surface area contributed by atoms with Crippen molar-refractivity contribution in [1.82, 2.24) is 0 Å². The summed E-state index contributed by atoms with van der Waals surface area (Å²) >= 11 is 4.55. The molecule has 1 aromatic carbocycles. The van der Waals surface area contributed by atoms with Gasteiger partial charge in [0.1, 0.15) is 10.8 Å². The second-order valence-corrected chi connectivity index (χ2v) is 8.19. The fourth-order valence-corrected chi connectivity index (χ4v) is 4.56. The highest BCUT2D eigenvalue weighted by Crippen LogP contribution is 2.39. The Bertz CT molecular complexity index is 982. The monoisotopic (exact) mass is 478 g/mol. The number of halogens is 1. The van der Waals surface area contributed by atoms with Gasteiger partial charge in [0.2, 0.25) is 5.91 Å². The van der Waals surface area contributed by atoms with E-state index < -0.39 is 12.1 Å². The summed E-state index contributed by atoms with van der Waals surface area (Å²) in [6, 6.07) is 6.85. The first-order valence-electron chi connectivity index (χ1n) is 9.04. The molecule has 2 amide bonds. The van der Waals surface area contributed by atoms with Crippen molar-refractivity contribution >= 4 is 55.9 Å². The fraction of sp³-hybridized carbons (Fsp3) is 0.300. The van der Waals surface area contributed by atoms with Crippen molar-refractivity contribution in [3.05, 3.63) is 44.7 Å². The van der Waals surface area contributed by atoms with Crippen LogP contribution in [0.15, 0.2) is 33.7 Å². The van der Waals surface area contributed by atoms with Crippen molar-refractivity contribution in [3.63, 3.8) is 0 Å². The molecule has 0 saturated carbocycles. The zero-order valence-electron chi connectivity index (χ0n) is 15.9. The predicted molar refractivity (Wildman–Crippen MR) is 114 cm³/mol. The predicted octanol–water partition coefficient (Wildman–Crippen LogP) is 4.97. The number of rotatable bonds is 4. The second kappa shape index (κ2) is 9.32. The molecular formula is C20H19BrN2O5S. The van der Waals surface area contributed by atoms with Gasteiger partial charge in [0, 0.05) is 11.4 Å². The molecule has 1 aromatic heterocycles. The lowest BCUT2D eigenvalue weighted by molar-refractivity contribution is -0.114. The van der Waals surface area contributed by atoms with E-state index in [4.69, 9.17) is 9.47 Å². The number of benzene rings is 1. The Labute approximate surface area is 180 Å². The first-order chi connectivity index (χ1) is 13.9. The standard InChI is InChI=1S/C20H19BrN2O5S/c1-3-27-19(25)16-14-5-4-6-15(17(14)29-18(16)22-11(2)24)23-20(26)28-13-9-7-12(21)8-10-13/h7-10H,3-6H2,1-2H3,(H,22,24)/b23-15+. The molecule has 0 radical (unpaired) electrons. The summed E-state index contributed by atoms with van der Waals surface area (Å²) in [7, 11) is 0. The number of thiophene rings is 1. The van der Waals surface area contributed by atoms with E-state index in [9.17, 15) is 14.4 Å². The van der Waals surface area contributed by atoms with Crippen molar-refractivity contribution < 1.29 is 23.9 Å². The number of carbonyl (C=O) groups is 3. The summed E-state index contributed by atoms with van der Waals surface area (Å²) < 4.78 is 11.3. The van der Waals surface area contributed by atoms with Gasteiger partial charge in [-0.05, 0) is 56.0 Å². The third-order valence-corrected chi connectivity index (χ3v) is 5.85. The van der Waals surface area contributed by atoms with Gasteiger partial charge in [0.25, 0.3) is 0 Å². The molecule has 0 unspecified atom stereocenters. The molecule has 2 aromatic rings. The Morgan fingerprint density at radius 2 is 1.93 bits per heavy atom. The van der Waals surface area contributed by atoms with Crippen LogP contribution in [-0.4, -0.2) is 30.3 Å². The van der Waals surface area contributed by atoms with Crippen LogP contribution in [0.1, 0.15) is 47.5 Å². The number of esters is 1. The van der Waals surface area contributed by atoms with Crippen molar-refractivity contribution in [3.8, 4) is 5.75 Å². The van der Waals surface area contributed by atoms with E-state index in [0.717, 1.165) is 16.5 Å². The van der Waals surface area contributed by atoms with Gasteiger partial charge >= 0.3 is 12.1 Å². The summed E-state index contributed by atoms with van der Waals surface area (Å²) in [5.41, 5.74) is 1.63. The Morgan fingerprint density at radius 3 is 2.59 bits per heavy atom. The molecule has 1 heterocycles. The van der Waals surface area contributed by atoms with E-state index in [-0.39, 0.29) is 12.5 Å². The number of aliphatic imine (C=N–C) groups is 1. The van der Waals surface area contributed by atoms with Gasteiger partial charge in [0.15, 0.2) is 0 Å². The third kappa shape index (κ3) is 5.10. The Morgan fingerprint density at radius 1 is 1.21 bits per heavy atom. The van der Waals surface area contributed by atoms with Gasteiger partial charge in [-0.1, -0.05) is 15.9 Å². The number of ether oxygens (including phenoxy) is 2. The summed E-state index contributed by atoms with van der Waals surface area (Å²) in [6.07, 6.45) is 1.20. The molecule has 0 bridgehead atoms. The van der Waals surface area contributed by atoms with Crippen LogP contribution in [0, 0.1) is 0 Å². The Balaban J connectivity index is 1.93. The maximum atomic E-state index is 12.5. The maximum absolute atomic E-state index is 12.5. The SMILES string of the molecule is CCOC(=O)c1c(NC(C)=O)sc2c1CCC/C2=N\C(=O)Oc1ccc(Br)cc1. The minimum Gasteiger partial charge on any atom is -0.462 e. The molecule has 0 aliphatic heterocycles. The number of nitrogens with one attached hydrogen (secondary N) is 1. The third-order valence-electron chi connectivity index (χ3n) is 4.12. The molecular weight excluding hydrogens is 460 g/mol. The van der Waals surface area contributed by atoms with E-state index in [1.807, 2.05) is 0 Å². The van der Waals surface area contributed by atoms with E-state index >= 15 is 0 Å². The fourth-order valence-electron chi connectivity index (χ4n) is 2.99. The normalized spacial score (nSPS) is 14.2. The number of amides is 2. The molecule has 7 nitrogen and oxygen atoms in total. The number of hydrogen-bond donors (Lipinski definition) is 1. The van der Waals surface area contributed by atoms with Crippen LogP contribution in [0.2, 0.25) is 0 Å². The van der Waals surface area contributed by atoms with Crippen molar-refractivity contribution in [2.75, 3.05) is 11.9 Å². The number of nitrogens with zero attached hydrogens (tertiary/aromatic N) is 1. The van der Waals surface area contributed by atoms with Crippen LogP contribution in [0.5, 0.6) is 5.75 Å². The molecule has 0 saturated heterocycles. The zero-order chi connectivity index (χ0) is 21.0. The Hall–Kier alpha value is -2.52. The largest absolute Gasteiger partial charge is 0.462 e. The van der Waals surface area contributed by atoms with Crippen molar-refractivity contribution in [1.29, 1.82) is 0 Å². The van der Waals surface area contributed by atoms with Crippen molar-refractivity contribution in [2.45, 2.75) is 33.1 Å². The molecule has 1 aliphatic rings. The van der Waals surface area contributed by atoms with Crippen LogP contribution in [0.25, 0.3) is 0 Å². The molecule has 9 heteroatoms. The lowest BCUT2D eigenvalue weighted by Gasteiger charge is -2.14. The van der Waals surface area contributed by atoms with E-state index in [1.54, 1.807) is 31.2 Å². The Kier molecular flexibility index (Phi) is 6.81. The van der Waals surface area contributed by atoms with Gasteiger partial charge in [-0.3, -0.25) is 4.79 Å². The summed E-state index contributed by atoms with van der Waals surface area (Å²) in [5, 5.41) is 3.11. The van der Waals surface area contributed by atoms with E-state index in [2.05, 4.69) is 26.2 Å². The lowest BCUT2D eigenvalue weighted by atomic mass is 9.94. The molecule has 1 aliphatic carbocycles. The average molecular weight is 479 g/mol. The first kappa shape index (κ1) is 21.2. The number of carbonyl (C=O) groups excluding carboxylic acids is 3. The van der Waals surface area contributed by atoms with Gasteiger partial charge in [-0.25, -0.2) is 9.59 Å². The highest BCUT2D eigenvalue weighted by molar-refractivity contribution is 9.10. The number of fused-ring (bicyclic) bond motifs is 1. The summed E-state index contributed by atoms with van der Waals surface area (Å²) in [4.78, 5) is 41.2. The quantitative estimate of drug-likeness (QED) is 0.625. The van der Waals surface area contributed by atoms with Crippen LogP contribution < -0.4 is 10.1 Å². The lowest BCUT2D eigenvalue weighted by Crippen LogP contribution is -2.16. The van der Waals surface area contributed by atoms with Gasteiger partial charge < -0.3 is 14.8 Å². The number of anilines is 1. The minimum absolute atomic E-state index is 0.226. The van der Waals surface area contributed by atoms with E-state index in [0.29, 0.717) is 39.7 Å². The topological polar surface area (TPSA) is 94.1 Å².